The number of amides is 1. The van der Waals surface area contributed by atoms with Crippen molar-refractivity contribution in [1.29, 1.82) is 0 Å². The number of benzene rings is 1. The third-order valence-electron chi connectivity index (χ3n) is 5.73. The minimum absolute atomic E-state index is 0.271. The summed E-state index contributed by atoms with van der Waals surface area (Å²) in [4.78, 5) is 14.5. The van der Waals surface area contributed by atoms with Gasteiger partial charge in [0, 0.05) is 36.6 Å². The Bertz CT molecular complexity index is 786. The van der Waals surface area contributed by atoms with Gasteiger partial charge in [-0.1, -0.05) is 37.6 Å². The van der Waals surface area contributed by atoms with Crippen molar-refractivity contribution in [2.45, 2.75) is 38.6 Å². The molecule has 0 bridgehead atoms. The van der Waals surface area contributed by atoms with Gasteiger partial charge in [0.2, 0.25) is 5.91 Å². The molecule has 2 aliphatic rings. The molecule has 0 N–H and O–H groups in total. The molecule has 2 aromatic rings. The van der Waals surface area contributed by atoms with E-state index in [1.165, 1.54) is 22.2 Å². The molecule has 1 aromatic carbocycles. The number of aromatic nitrogens is 1. The predicted octanol–water partition coefficient (Wildman–Crippen LogP) is 3.76. The normalized spacial score (nSPS) is 25.7. The van der Waals surface area contributed by atoms with Crippen LogP contribution in [-0.2, 0) is 18.3 Å². The topological polar surface area (TPSA) is 25.2 Å². The molecule has 0 radical (unpaired) electrons. The molecule has 1 fully saturated rings. The largest absolute Gasteiger partial charge is 0.344 e. The van der Waals surface area contributed by atoms with Crippen molar-refractivity contribution in [3.05, 3.63) is 41.6 Å². The first-order valence-corrected chi connectivity index (χ1v) is 8.74. The van der Waals surface area contributed by atoms with Gasteiger partial charge in [-0.2, -0.15) is 0 Å². The molecule has 3 heteroatoms. The fourth-order valence-electron chi connectivity index (χ4n) is 4.41. The Morgan fingerprint density at radius 1 is 1.22 bits per heavy atom. The van der Waals surface area contributed by atoms with Gasteiger partial charge in [0.25, 0.3) is 0 Å². The summed E-state index contributed by atoms with van der Waals surface area (Å²) in [6.45, 7) is 3.08. The van der Waals surface area contributed by atoms with E-state index >= 15 is 0 Å². The lowest BCUT2D eigenvalue weighted by atomic mass is 9.85. The maximum Gasteiger partial charge on any atom is 0.223 e. The van der Waals surface area contributed by atoms with E-state index in [1.54, 1.807) is 0 Å². The maximum absolute atomic E-state index is 12.4. The summed E-state index contributed by atoms with van der Waals surface area (Å²) in [6, 6.07) is 8.86. The molecule has 120 valence electrons. The van der Waals surface area contributed by atoms with E-state index in [0.29, 0.717) is 18.2 Å². The Labute approximate surface area is 137 Å². The zero-order chi connectivity index (χ0) is 16.0. The van der Waals surface area contributed by atoms with E-state index in [-0.39, 0.29) is 6.04 Å². The standard InChI is InChI=1S/C20H24N2O/c1-3-14-8-11-20(23)22-13-12-16-15-6-4-5-7-18(15)21(2)19(16)10-9-17(14)22/h4-7,9-10,14,17H,3,8,11-13H2,1-2H3/b10-9-/t14-,17+/m0/s1. The zero-order valence-electron chi connectivity index (χ0n) is 14.0. The van der Waals surface area contributed by atoms with E-state index in [0.717, 1.165) is 25.8 Å². The monoisotopic (exact) mass is 308 g/mol. The number of fused-ring (bicyclic) bond motifs is 4. The lowest BCUT2D eigenvalue weighted by molar-refractivity contribution is -0.137. The van der Waals surface area contributed by atoms with Crippen molar-refractivity contribution in [3.8, 4) is 0 Å². The Balaban J connectivity index is 1.83. The predicted molar refractivity (Wildman–Crippen MR) is 94.2 cm³/mol. The van der Waals surface area contributed by atoms with Crippen LogP contribution >= 0.6 is 0 Å². The number of hydrogen-bond acceptors (Lipinski definition) is 1. The third kappa shape index (κ3) is 2.21. The van der Waals surface area contributed by atoms with Crippen LogP contribution in [0, 0.1) is 5.92 Å². The molecule has 3 heterocycles. The van der Waals surface area contributed by atoms with E-state index in [9.17, 15) is 4.79 Å². The van der Waals surface area contributed by atoms with Crippen molar-refractivity contribution in [1.82, 2.24) is 9.47 Å². The Morgan fingerprint density at radius 2 is 2.04 bits per heavy atom. The SMILES string of the molecule is CC[C@H]1CCC(=O)N2CCc3c(n(C)c4ccccc34)/C=C\[C@H]12. The summed E-state index contributed by atoms with van der Waals surface area (Å²) < 4.78 is 2.29. The van der Waals surface area contributed by atoms with Gasteiger partial charge >= 0.3 is 0 Å². The molecule has 1 saturated heterocycles. The van der Waals surface area contributed by atoms with Crippen LogP contribution < -0.4 is 0 Å². The van der Waals surface area contributed by atoms with Crippen molar-refractivity contribution in [2.24, 2.45) is 13.0 Å². The Kier molecular flexibility index (Phi) is 3.51. The highest BCUT2D eigenvalue weighted by Gasteiger charge is 2.34. The van der Waals surface area contributed by atoms with Gasteiger partial charge in [-0.05, 0) is 36.5 Å². The molecule has 0 unspecified atom stereocenters. The molecule has 23 heavy (non-hydrogen) atoms. The quantitative estimate of drug-likeness (QED) is 0.787. The lowest BCUT2D eigenvalue weighted by Crippen LogP contribution is -2.48. The molecule has 3 nitrogen and oxygen atoms in total. The van der Waals surface area contributed by atoms with Crippen LogP contribution in [0.1, 0.15) is 37.4 Å². The van der Waals surface area contributed by atoms with Gasteiger partial charge in [-0.15, -0.1) is 0 Å². The summed E-state index contributed by atoms with van der Waals surface area (Å²) in [5.74, 6) is 0.924. The van der Waals surface area contributed by atoms with Crippen LogP contribution in [0.4, 0.5) is 0 Å². The third-order valence-corrected chi connectivity index (χ3v) is 5.73. The van der Waals surface area contributed by atoms with Gasteiger partial charge in [0.15, 0.2) is 0 Å². The number of piperidine rings is 1. The van der Waals surface area contributed by atoms with Crippen molar-refractivity contribution in [3.63, 3.8) is 0 Å². The number of para-hydroxylation sites is 1. The van der Waals surface area contributed by atoms with Gasteiger partial charge in [0.1, 0.15) is 0 Å². The van der Waals surface area contributed by atoms with Gasteiger partial charge in [-0.25, -0.2) is 0 Å². The molecule has 1 amide bonds. The molecule has 1 aromatic heterocycles. The maximum atomic E-state index is 12.4. The minimum Gasteiger partial charge on any atom is -0.344 e. The number of aryl methyl sites for hydroxylation is 1. The van der Waals surface area contributed by atoms with Crippen molar-refractivity contribution in [2.75, 3.05) is 6.54 Å². The zero-order valence-corrected chi connectivity index (χ0v) is 14.0. The smallest absolute Gasteiger partial charge is 0.223 e. The van der Waals surface area contributed by atoms with Crippen LogP contribution in [0.25, 0.3) is 17.0 Å². The average molecular weight is 308 g/mol. The highest BCUT2D eigenvalue weighted by molar-refractivity contribution is 5.88. The molecule has 2 aliphatic heterocycles. The summed E-state index contributed by atoms with van der Waals surface area (Å²) in [7, 11) is 2.15. The van der Waals surface area contributed by atoms with E-state index in [2.05, 4.69) is 59.9 Å². The molecule has 0 spiro atoms. The van der Waals surface area contributed by atoms with Crippen LogP contribution in [0.3, 0.4) is 0 Å². The molecular weight excluding hydrogens is 284 g/mol. The molecule has 0 saturated carbocycles. The number of hydrogen-bond donors (Lipinski definition) is 0. The van der Waals surface area contributed by atoms with Gasteiger partial charge < -0.3 is 9.47 Å². The Morgan fingerprint density at radius 3 is 2.87 bits per heavy atom. The summed E-state index contributed by atoms with van der Waals surface area (Å²) >= 11 is 0. The van der Waals surface area contributed by atoms with Crippen molar-refractivity contribution < 1.29 is 4.79 Å². The van der Waals surface area contributed by atoms with E-state index < -0.39 is 0 Å². The highest BCUT2D eigenvalue weighted by atomic mass is 16.2. The van der Waals surface area contributed by atoms with E-state index in [1.807, 2.05) is 0 Å². The van der Waals surface area contributed by atoms with Crippen LogP contribution in [-0.4, -0.2) is 28.0 Å². The number of carbonyl (C=O) groups excluding carboxylic acids is 1. The van der Waals surface area contributed by atoms with Gasteiger partial charge in [-0.3, -0.25) is 4.79 Å². The first-order valence-electron chi connectivity index (χ1n) is 8.74. The number of rotatable bonds is 1. The second-order valence-electron chi connectivity index (χ2n) is 6.83. The average Bonchev–Trinajstić information content (AvgIpc) is 2.81. The Hall–Kier alpha value is -2.03. The van der Waals surface area contributed by atoms with Crippen LogP contribution in [0.2, 0.25) is 0 Å². The minimum atomic E-state index is 0.271. The molecule has 4 rings (SSSR count). The second-order valence-corrected chi connectivity index (χ2v) is 6.83. The molecule has 0 aliphatic carbocycles. The highest BCUT2D eigenvalue weighted by Crippen LogP contribution is 2.33. The lowest BCUT2D eigenvalue weighted by Gasteiger charge is -2.40. The van der Waals surface area contributed by atoms with Crippen LogP contribution in [0.15, 0.2) is 30.3 Å². The summed E-state index contributed by atoms with van der Waals surface area (Å²) in [5.41, 5.74) is 3.96. The summed E-state index contributed by atoms with van der Waals surface area (Å²) in [5, 5.41) is 1.32. The first-order chi connectivity index (χ1) is 11.2. The second kappa shape index (κ2) is 5.55. The first kappa shape index (κ1) is 14.6. The summed E-state index contributed by atoms with van der Waals surface area (Å²) in [6.07, 6.45) is 8.37. The number of carbonyl (C=O) groups is 1. The fraction of sp³-hybridized carbons (Fsp3) is 0.450. The van der Waals surface area contributed by atoms with Gasteiger partial charge in [0.05, 0.1) is 6.04 Å². The van der Waals surface area contributed by atoms with Crippen molar-refractivity contribution >= 4 is 22.9 Å². The van der Waals surface area contributed by atoms with Crippen LogP contribution in [0.5, 0.6) is 0 Å². The molecule has 2 atom stereocenters. The number of nitrogens with zero attached hydrogens (tertiary/aromatic N) is 2. The fourth-order valence-corrected chi connectivity index (χ4v) is 4.41. The molecular formula is C20H24N2O. The van der Waals surface area contributed by atoms with E-state index in [4.69, 9.17) is 0 Å².